The van der Waals surface area contributed by atoms with Crippen LogP contribution >= 0.6 is 11.3 Å². The summed E-state index contributed by atoms with van der Waals surface area (Å²) in [6.45, 7) is 8.55. The van der Waals surface area contributed by atoms with Gasteiger partial charge in [0.2, 0.25) is 0 Å². The van der Waals surface area contributed by atoms with E-state index in [1.54, 1.807) is 0 Å². The standard InChI is InChI=1S/C14H22N2S/c1-12-5-6-14(17-12)11-15-8-9-16-7-3-2-4-13(16)10-15/h5-6,13H,2-4,7-11H2,1H3. The highest BCUT2D eigenvalue weighted by atomic mass is 32.1. The van der Waals surface area contributed by atoms with E-state index in [-0.39, 0.29) is 0 Å². The number of piperidine rings is 1. The quantitative estimate of drug-likeness (QED) is 0.796. The third-order valence-corrected chi connectivity index (χ3v) is 5.08. The number of aryl methyl sites for hydroxylation is 1. The first-order chi connectivity index (χ1) is 8.31. The van der Waals surface area contributed by atoms with Crippen molar-refractivity contribution in [3.8, 4) is 0 Å². The van der Waals surface area contributed by atoms with Crippen LogP contribution in [0.2, 0.25) is 0 Å². The molecule has 17 heavy (non-hydrogen) atoms. The van der Waals surface area contributed by atoms with Crippen LogP contribution in [-0.4, -0.2) is 42.0 Å². The first-order valence-corrected chi connectivity index (χ1v) is 7.64. The minimum absolute atomic E-state index is 0.846. The van der Waals surface area contributed by atoms with Crippen molar-refractivity contribution >= 4 is 11.3 Å². The number of thiophene rings is 1. The lowest BCUT2D eigenvalue weighted by Gasteiger charge is -2.44. The lowest BCUT2D eigenvalue weighted by molar-refractivity contribution is 0.0461. The lowest BCUT2D eigenvalue weighted by atomic mass is 9.99. The van der Waals surface area contributed by atoms with E-state index in [0.29, 0.717) is 0 Å². The van der Waals surface area contributed by atoms with Crippen molar-refractivity contribution in [2.45, 2.75) is 38.8 Å². The maximum absolute atomic E-state index is 2.71. The molecule has 3 heterocycles. The second kappa shape index (κ2) is 5.09. The summed E-state index contributed by atoms with van der Waals surface area (Å²) in [6.07, 6.45) is 4.27. The summed E-state index contributed by atoms with van der Waals surface area (Å²) in [5.41, 5.74) is 0. The summed E-state index contributed by atoms with van der Waals surface area (Å²) in [7, 11) is 0. The molecule has 3 rings (SSSR count). The van der Waals surface area contributed by atoms with Crippen molar-refractivity contribution in [1.29, 1.82) is 0 Å². The van der Waals surface area contributed by atoms with Crippen LogP contribution in [0, 0.1) is 6.92 Å². The molecule has 1 unspecified atom stereocenters. The van der Waals surface area contributed by atoms with Crippen LogP contribution in [0.1, 0.15) is 29.0 Å². The Balaban J connectivity index is 1.58. The van der Waals surface area contributed by atoms with Gasteiger partial charge in [-0.05, 0) is 38.4 Å². The predicted molar refractivity (Wildman–Crippen MR) is 73.5 cm³/mol. The predicted octanol–water partition coefficient (Wildman–Crippen LogP) is 2.73. The molecule has 0 radical (unpaired) electrons. The summed E-state index contributed by atoms with van der Waals surface area (Å²) in [4.78, 5) is 8.33. The summed E-state index contributed by atoms with van der Waals surface area (Å²) in [6, 6.07) is 5.39. The molecule has 2 aliphatic rings. The zero-order chi connectivity index (χ0) is 11.7. The number of nitrogens with zero attached hydrogens (tertiary/aromatic N) is 2. The Morgan fingerprint density at radius 1 is 1.24 bits per heavy atom. The Morgan fingerprint density at radius 2 is 2.18 bits per heavy atom. The molecule has 2 fully saturated rings. The summed E-state index contributed by atoms with van der Waals surface area (Å²) >= 11 is 1.96. The SMILES string of the molecule is Cc1ccc(CN2CCN3CCCCC3C2)s1. The van der Waals surface area contributed by atoms with Gasteiger partial charge in [0.05, 0.1) is 0 Å². The van der Waals surface area contributed by atoms with Gasteiger partial charge in [0.1, 0.15) is 0 Å². The Morgan fingerprint density at radius 3 is 3.00 bits per heavy atom. The van der Waals surface area contributed by atoms with E-state index < -0.39 is 0 Å². The first-order valence-electron chi connectivity index (χ1n) is 6.83. The van der Waals surface area contributed by atoms with Crippen LogP contribution in [0.5, 0.6) is 0 Å². The van der Waals surface area contributed by atoms with Gasteiger partial charge < -0.3 is 0 Å². The van der Waals surface area contributed by atoms with E-state index in [1.807, 2.05) is 11.3 Å². The summed E-state index contributed by atoms with van der Waals surface area (Å²) in [5, 5.41) is 0. The monoisotopic (exact) mass is 250 g/mol. The van der Waals surface area contributed by atoms with Gasteiger partial charge in [0.25, 0.3) is 0 Å². The van der Waals surface area contributed by atoms with E-state index in [0.717, 1.165) is 6.04 Å². The smallest absolute Gasteiger partial charge is 0.0329 e. The summed E-state index contributed by atoms with van der Waals surface area (Å²) < 4.78 is 0. The maximum atomic E-state index is 2.71. The molecule has 1 aromatic rings. The van der Waals surface area contributed by atoms with Gasteiger partial charge in [-0.2, -0.15) is 0 Å². The van der Waals surface area contributed by atoms with E-state index >= 15 is 0 Å². The lowest BCUT2D eigenvalue weighted by Crippen LogP contribution is -2.54. The molecule has 0 spiro atoms. The molecule has 0 aromatic carbocycles. The molecular formula is C14H22N2S. The molecule has 1 atom stereocenters. The molecular weight excluding hydrogens is 228 g/mol. The number of hydrogen-bond donors (Lipinski definition) is 0. The van der Waals surface area contributed by atoms with Crippen LogP contribution in [0.4, 0.5) is 0 Å². The number of rotatable bonds is 2. The molecule has 0 amide bonds. The van der Waals surface area contributed by atoms with E-state index in [1.165, 1.54) is 61.7 Å². The van der Waals surface area contributed by atoms with Gasteiger partial charge in [-0.15, -0.1) is 11.3 Å². The first kappa shape index (κ1) is 11.7. The van der Waals surface area contributed by atoms with Crippen LogP contribution in [0.15, 0.2) is 12.1 Å². The molecule has 0 N–H and O–H groups in total. The van der Waals surface area contributed by atoms with Gasteiger partial charge in [-0.25, -0.2) is 0 Å². The molecule has 94 valence electrons. The fourth-order valence-electron chi connectivity index (χ4n) is 3.15. The highest BCUT2D eigenvalue weighted by Gasteiger charge is 2.28. The van der Waals surface area contributed by atoms with Gasteiger partial charge >= 0.3 is 0 Å². The second-order valence-corrected chi connectivity index (χ2v) is 6.81. The number of fused-ring (bicyclic) bond motifs is 1. The Kier molecular flexibility index (Phi) is 3.50. The average Bonchev–Trinajstić information content (AvgIpc) is 2.75. The van der Waals surface area contributed by atoms with Gasteiger partial charge in [0, 0.05) is 42.0 Å². The topological polar surface area (TPSA) is 6.48 Å². The summed E-state index contributed by atoms with van der Waals surface area (Å²) in [5.74, 6) is 0. The minimum Gasteiger partial charge on any atom is -0.298 e. The zero-order valence-electron chi connectivity index (χ0n) is 10.7. The molecule has 0 bridgehead atoms. The highest BCUT2D eigenvalue weighted by molar-refractivity contribution is 7.11. The minimum atomic E-state index is 0.846. The molecule has 2 nitrogen and oxygen atoms in total. The van der Waals surface area contributed by atoms with Crippen LogP contribution < -0.4 is 0 Å². The fourth-order valence-corrected chi connectivity index (χ4v) is 4.09. The van der Waals surface area contributed by atoms with Crippen molar-refractivity contribution in [1.82, 2.24) is 9.80 Å². The number of piperazine rings is 1. The molecule has 0 saturated carbocycles. The van der Waals surface area contributed by atoms with E-state index in [9.17, 15) is 0 Å². The Hall–Kier alpha value is -0.380. The van der Waals surface area contributed by atoms with Crippen molar-refractivity contribution in [2.75, 3.05) is 26.2 Å². The highest BCUT2D eigenvalue weighted by Crippen LogP contribution is 2.23. The second-order valence-electron chi connectivity index (χ2n) is 5.43. The fraction of sp³-hybridized carbons (Fsp3) is 0.714. The number of hydrogen-bond acceptors (Lipinski definition) is 3. The van der Waals surface area contributed by atoms with Crippen LogP contribution in [0.3, 0.4) is 0 Å². The maximum Gasteiger partial charge on any atom is 0.0329 e. The Labute approximate surface area is 108 Å². The van der Waals surface area contributed by atoms with E-state index in [2.05, 4.69) is 28.9 Å². The van der Waals surface area contributed by atoms with Gasteiger partial charge in [-0.1, -0.05) is 6.42 Å². The van der Waals surface area contributed by atoms with Crippen LogP contribution in [-0.2, 0) is 6.54 Å². The normalized spacial score (nSPS) is 27.0. The van der Waals surface area contributed by atoms with Gasteiger partial charge in [0.15, 0.2) is 0 Å². The molecule has 0 aliphatic carbocycles. The van der Waals surface area contributed by atoms with Crippen LogP contribution in [0.25, 0.3) is 0 Å². The third-order valence-electron chi connectivity index (χ3n) is 4.10. The van der Waals surface area contributed by atoms with Crippen molar-refractivity contribution in [3.05, 3.63) is 21.9 Å². The molecule has 2 saturated heterocycles. The molecule has 1 aromatic heterocycles. The van der Waals surface area contributed by atoms with Gasteiger partial charge in [-0.3, -0.25) is 9.80 Å². The van der Waals surface area contributed by atoms with E-state index in [4.69, 9.17) is 0 Å². The zero-order valence-corrected chi connectivity index (χ0v) is 11.5. The van der Waals surface area contributed by atoms with Crippen molar-refractivity contribution in [3.63, 3.8) is 0 Å². The average molecular weight is 250 g/mol. The molecule has 3 heteroatoms. The Bertz CT molecular complexity index is 374. The largest absolute Gasteiger partial charge is 0.298 e. The molecule has 2 aliphatic heterocycles. The van der Waals surface area contributed by atoms with Crippen molar-refractivity contribution in [2.24, 2.45) is 0 Å². The van der Waals surface area contributed by atoms with Crippen molar-refractivity contribution < 1.29 is 0 Å². The third kappa shape index (κ3) is 2.72.